The minimum absolute atomic E-state index is 0.0577. The molecule has 206 valence electrons. The molecule has 2 aromatic rings. The van der Waals surface area contributed by atoms with Crippen LogP contribution in [0.3, 0.4) is 0 Å². The highest BCUT2D eigenvalue weighted by Gasteiger charge is 2.31. The minimum atomic E-state index is -1.37. The third kappa shape index (κ3) is 7.21. The van der Waals surface area contributed by atoms with Crippen LogP contribution in [-0.2, 0) is 14.3 Å². The van der Waals surface area contributed by atoms with Crippen molar-refractivity contribution in [2.24, 2.45) is 0 Å². The van der Waals surface area contributed by atoms with Gasteiger partial charge in [-0.3, -0.25) is 14.5 Å². The van der Waals surface area contributed by atoms with Gasteiger partial charge in [-0.25, -0.2) is 9.59 Å². The number of nitrogens with one attached hydrogen (secondary N) is 2. The van der Waals surface area contributed by atoms with Gasteiger partial charge in [0.15, 0.2) is 0 Å². The first-order valence-electron chi connectivity index (χ1n) is 11.8. The van der Waals surface area contributed by atoms with E-state index in [0.29, 0.717) is 23.8 Å². The van der Waals surface area contributed by atoms with E-state index in [4.69, 9.17) is 21.3 Å². The van der Waals surface area contributed by atoms with E-state index in [9.17, 15) is 24.3 Å². The van der Waals surface area contributed by atoms with Gasteiger partial charge < -0.3 is 37.1 Å². The Labute approximate surface area is 222 Å². The second-order valence-corrected chi connectivity index (χ2v) is 10.7. The van der Waals surface area contributed by atoms with E-state index in [0.717, 1.165) is 16.9 Å². The van der Waals surface area contributed by atoms with Gasteiger partial charge >= 0.3 is 18.0 Å². The Morgan fingerprint density at radius 1 is 1.24 bits per heavy atom. The molecule has 0 aliphatic carbocycles. The predicted molar refractivity (Wildman–Crippen MR) is 140 cm³/mol. The first-order valence-corrected chi connectivity index (χ1v) is 12.6. The first-order chi connectivity index (χ1) is 17.7. The number of aromatic nitrogens is 2. The molecule has 1 aliphatic rings. The van der Waals surface area contributed by atoms with Crippen molar-refractivity contribution < 1.29 is 34.1 Å². The lowest BCUT2D eigenvalue weighted by Crippen LogP contribution is -2.40. The fourth-order valence-corrected chi connectivity index (χ4v) is 4.78. The van der Waals surface area contributed by atoms with Crippen LogP contribution >= 0.6 is 11.3 Å². The Hall–Kier alpha value is -4.14. The maximum atomic E-state index is 13.1. The number of thiophene rings is 1. The van der Waals surface area contributed by atoms with Gasteiger partial charge in [0.2, 0.25) is 5.95 Å². The number of nitrogens with zero attached hydrogens (tertiary/aromatic N) is 3. The Balaban J connectivity index is 1.78. The maximum Gasteiger partial charge on any atom is 0.415 e. The number of carbonyl (C=O) groups is 4. The van der Waals surface area contributed by atoms with Crippen LogP contribution in [-0.4, -0.2) is 68.9 Å². The standard InChI is InChI=1S/C23H31N7O7S/c1-23(2,3)37-22(36)30(9-8-11-10-26-18-16(11)17(24)28-21(25)29-18)14-6-5-13(38-14)19(33)27-12(20(34)35)4-7-15(31)32/h5-6,11-12H,4,7-10H2,1-3H3,(H,27,33)(H,31,32)(H,34,35)(H5,24,25,26,28,29)/t11?,12-/m0/s1. The van der Waals surface area contributed by atoms with Crippen molar-refractivity contribution in [3.8, 4) is 0 Å². The van der Waals surface area contributed by atoms with Gasteiger partial charge in [-0.1, -0.05) is 0 Å². The zero-order valence-corrected chi connectivity index (χ0v) is 22.0. The van der Waals surface area contributed by atoms with Crippen molar-refractivity contribution in [1.82, 2.24) is 15.3 Å². The van der Waals surface area contributed by atoms with Gasteiger partial charge in [0.25, 0.3) is 5.91 Å². The molecule has 3 rings (SSSR count). The molecule has 38 heavy (non-hydrogen) atoms. The number of carboxylic acids is 2. The quantitative estimate of drug-likeness (QED) is 0.251. The van der Waals surface area contributed by atoms with Crippen molar-refractivity contribution in [2.75, 3.05) is 34.8 Å². The average Bonchev–Trinajstić information content (AvgIpc) is 3.43. The Kier molecular flexibility index (Phi) is 8.60. The molecule has 2 amide bonds. The number of nitrogens with two attached hydrogens (primary N) is 2. The summed E-state index contributed by atoms with van der Waals surface area (Å²) in [5.74, 6) is -2.45. The first kappa shape index (κ1) is 28.4. The van der Waals surface area contributed by atoms with Crippen LogP contribution in [0.4, 0.5) is 27.4 Å². The van der Waals surface area contributed by atoms with E-state index < -0.39 is 42.0 Å². The van der Waals surface area contributed by atoms with Gasteiger partial charge in [-0.2, -0.15) is 9.97 Å². The molecule has 0 saturated heterocycles. The number of aliphatic carboxylic acids is 2. The molecular weight excluding hydrogens is 518 g/mol. The van der Waals surface area contributed by atoms with Crippen molar-refractivity contribution in [1.29, 1.82) is 0 Å². The lowest BCUT2D eigenvalue weighted by molar-refractivity contribution is -0.140. The molecule has 14 nitrogen and oxygen atoms in total. The molecule has 2 atom stereocenters. The van der Waals surface area contributed by atoms with Crippen molar-refractivity contribution in [3.63, 3.8) is 0 Å². The average molecular weight is 550 g/mol. The normalized spacial score (nSPS) is 15.2. The summed E-state index contributed by atoms with van der Waals surface area (Å²) in [7, 11) is 0. The van der Waals surface area contributed by atoms with Gasteiger partial charge in [-0.15, -0.1) is 11.3 Å². The molecule has 1 aliphatic heterocycles. The van der Waals surface area contributed by atoms with Crippen LogP contribution in [0, 0.1) is 0 Å². The lowest BCUT2D eigenvalue weighted by atomic mass is 9.99. The zero-order valence-electron chi connectivity index (χ0n) is 21.2. The van der Waals surface area contributed by atoms with Crippen LogP contribution < -0.4 is 27.0 Å². The van der Waals surface area contributed by atoms with E-state index >= 15 is 0 Å². The highest BCUT2D eigenvalue weighted by atomic mass is 32.1. The monoisotopic (exact) mass is 549 g/mol. The largest absolute Gasteiger partial charge is 0.481 e. The number of anilines is 4. The van der Waals surface area contributed by atoms with Crippen molar-refractivity contribution >= 4 is 57.9 Å². The van der Waals surface area contributed by atoms with Crippen molar-refractivity contribution in [3.05, 3.63) is 22.6 Å². The summed E-state index contributed by atoms with van der Waals surface area (Å²) >= 11 is 0.977. The fourth-order valence-electron chi connectivity index (χ4n) is 3.85. The van der Waals surface area contributed by atoms with Crippen LogP contribution in [0.2, 0.25) is 0 Å². The Morgan fingerprint density at radius 2 is 1.95 bits per heavy atom. The molecule has 0 bridgehead atoms. The number of amides is 2. The summed E-state index contributed by atoms with van der Waals surface area (Å²) in [5.41, 5.74) is 11.7. The summed E-state index contributed by atoms with van der Waals surface area (Å²) in [6.45, 7) is 5.94. The molecule has 1 unspecified atom stereocenters. The van der Waals surface area contributed by atoms with Gasteiger partial charge in [0.1, 0.15) is 28.3 Å². The third-order valence-corrected chi connectivity index (χ3v) is 6.67. The minimum Gasteiger partial charge on any atom is -0.481 e. The van der Waals surface area contributed by atoms with Crippen LogP contribution in [0.5, 0.6) is 0 Å². The fraction of sp³-hybridized carbons (Fsp3) is 0.478. The number of carbonyl (C=O) groups excluding carboxylic acids is 2. The summed E-state index contributed by atoms with van der Waals surface area (Å²) in [4.78, 5) is 57.8. The highest BCUT2D eigenvalue weighted by molar-refractivity contribution is 7.18. The van der Waals surface area contributed by atoms with Crippen LogP contribution in [0.25, 0.3) is 0 Å². The molecule has 2 aromatic heterocycles. The zero-order chi connectivity index (χ0) is 28.2. The van der Waals surface area contributed by atoms with Crippen LogP contribution in [0.1, 0.15) is 61.2 Å². The number of hydrogen-bond acceptors (Lipinski definition) is 11. The van der Waals surface area contributed by atoms with E-state index in [1.165, 1.54) is 11.0 Å². The molecule has 0 saturated carbocycles. The summed E-state index contributed by atoms with van der Waals surface area (Å²) in [5, 5.41) is 24.0. The lowest BCUT2D eigenvalue weighted by Gasteiger charge is -2.27. The van der Waals surface area contributed by atoms with Crippen molar-refractivity contribution in [2.45, 2.75) is 57.6 Å². The van der Waals surface area contributed by atoms with E-state index in [1.54, 1.807) is 26.8 Å². The van der Waals surface area contributed by atoms with Gasteiger partial charge in [0.05, 0.1) is 4.88 Å². The molecule has 15 heteroatoms. The molecule has 0 aromatic carbocycles. The Morgan fingerprint density at radius 3 is 2.58 bits per heavy atom. The molecule has 8 N–H and O–H groups in total. The summed E-state index contributed by atoms with van der Waals surface area (Å²) in [6.07, 6.45) is -0.842. The molecule has 0 fully saturated rings. The Bertz CT molecular complexity index is 1230. The van der Waals surface area contributed by atoms with Gasteiger partial charge in [0, 0.05) is 31.0 Å². The van der Waals surface area contributed by atoms with Crippen LogP contribution in [0.15, 0.2) is 12.1 Å². The third-order valence-electron chi connectivity index (χ3n) is 5.56. The molecule has 0 spiro atoms. The number of nitrogen functional groups attached to an aromatic ring is 2. The predicted octanol–water partition coefficient (Wildman–Crippen LogP) is 2.09. The molecule has 0 radical (unpaired) electrons. The van der Waals surface area contributed by atoms with E-state index in [1.807, 2.05) is 0 Å². The maximum absolute atomic E-state index is 13.1. The smallest absolute Gasteiger partial charge is 0.415 e. The number of rotatable bonds is 10. The highest BCUT2D eigenvalue weighted by Crippen LogP contribution is 2.37. The second kappa shape index (κ2) is 11.5. The van der Waals surface area contributed by atoms with E-state index in [-0.39, 0.29) is 35.5 Å². The SMILES string of the molecule is CC(C)(C)OC(=O)N(CCC1CNc2nc(N)nc(N)c21)c1ccc(C(=O)N[C@@H](CCC(=O)O)C(=O)O)s1. The molecule has 3 heterocycles. The molecular formula is C23H31N7O7S. The second-order valence-electron chi connectivity index (χ2n) is 9.66. The number of carboxylic acid groups (broad SMARTS) is 2. The number of hydrogen-bond donors (Lipinski definition) is 6. The van der Waals surface area contributed by atoms with Gasteiger partial charge in [-0.05, 0) is 45.7 Å². The topological polar surface area (TPSA) is 223 Å². The number of ether oxygens (including phenoxy) is 1. The summed E-state index contributed by atoms with van der Waals surface area (Å²) in [6, 6.07) is 1.65. The number of fused-ring (bicyclic) bond motifs is 1. The van der Waals surface area contributed by atoms with E-state index in [2.05, 4.69) is 20.6 Å². The summed E-state index contributed by atoms with van der Waals surface area (Å²) < 4.78 is 5.58.